The van der Waals surface area contributed by atoms with Gasteiger partial charge in [-0.2, -0.15) is 0 Å². The van der Waals surface area contributed by atoms with Crippen molar-refractivity contribution >= 4 is 5.97 Å². The zero-order valence-electron chi connectivity index (χ0n) is 15.4. The van der Waals surface area contributed by atoms with E-state index in [-0.39, 0.29) is 6.10 Å². The van der Waals surface area contributed by atoms with Crippen LogP contribution in [-0.4, -0.2) is 66.6 Å². The monoisotopic (exact) mass is 358 g/mol. The fourth-order valence-corrected chi connectivity index (χ4v) is 3.97. The van der Waals surface area contributed by atoms with Gasteiger partial charge in [-0.1, -0.05) is 0 Å². The number of hydrogen-bond acceptors (Lipinski definition) is 8. The fourth-order valence-electron chi connectivity index (χ4n) is 3.97. The Kier molecular flexibility index (Phi) is 3.79. The molecule has 0 bridgehead atoms. The number of carbonyl (C=O) groups is 1. The Labute approximate surface area is 147 Å². The first-order valence-corrected chi connectivity index (χ1v) is 8.70. The summed E-state index contributed by atoms with van der Waals surface area (Å²) in [5, 5.41) is 0. The van der Waals surface area contributed by atoms with Crippen molar-refractivity contribution in [3.63, 3.8) is 0 Å². The van der Waals surface area contributed by atoms with Crippen LogP contribution in [0.4, 0.5) is 0 Å². The molecule has 4 aliphatic heterocycles. The van der Waals surface area contributed by atoms with Crippen LogP contribution < -0.4 is 0 Å². The summed E-state index contributed by atoms with van der Waals surface area (Å²) in [5.41, 5.74) is 0. The van der Waals surface area contributed by atoms with Crippen LogP contribution in [0.2, 0.25) is 0 Å². The number of esters is 1. The fraction of sp³-hybridized carbons (Fsp3) is 0.941. The molecular formula is C17H26O8. The largest absolute Gasteiger partial charge is 0.455 e. The molecule has 6 atom stereocenters. The average Bonchev–Trinajstić information content (AvgIpc) is 3.14. The van der Waals surface area contributed by atoms with Crippen molar-refractivity contribution in [2.75, 3.05) is 6.61 Å². The summed E-state index contributed by atoms with van der Waals surface area (Å²) in [5.74, 6) is -2.79. The van der Waals surface area contributed by atoms with E-state index in [2.05, 4.69) is 0 Å². The molecule has 0 saturated carbocycles. The predicted molar refractivity (Wildman–Crippen MR) is 82.4 cm³/mol. The summed E-state index contributed by atoms with van der Waals surface area (Å²) in [6.45, 7) is 11.3. The van der Waals surface area contributed by atoms with Gasteiger partial charge in [0.05, 0.1) is 6.61 Å². The van der Waals surface area contributed by atoms with E-state index in [1.165, 1.54) is 0 Å². The summed E-state index contributed by atoms with van der Waals surface area (Å²) in [6, 6.07) is 0. The highest BCUT2D eigenvalue weighted by molar-refractivity contribution is 5.78. The van der Waals surface area contributed by atoms with Crippen LogP contribution in [0, 0.1) is 0 Å². The smallest absolute Gasteiger partial charge is 0.338 e. The topological polar surface area (TPSA) is 81.7 Å². The molecule has 0 aromatic rings. The van der Waals surface area contributed by atoms with Gasteiger partial charge in [-0.05, 0) is 41.5 Å². The molecule has 0 N–H and O–H groups in total. The van der Waals surface area contributed by atoms with Gasteiger partial charge in [-0.15, -0.1) is 0 Å². The lowest BCUT2D eigenvalue weighted by molar-refractivity contribution is -0.201. The predicted octanol–water partition coefficient (Wildman–Crippen LogP) is 1.10. The van der Waals surface area contributed by atoms with Crippen LogP contribution in [0.1, 0.15) is 41.5 Å². The summed E-state index contributed by atoms with van der Waals surface area (Å²) in [7, 11) is 0. The van der Waals surface area contributed by atoms with Gasteiger partial charge in [0.2, 0.25) is 0 Å². The SMILES string of the molecule is CC1(C)O[C@H]([C@H]2OC(=O)[C@@H]3OC(C)(C)O[C@H]23)[C@@H]([C@H]2COC(C)(C)O2)O1. The molecular weight excluding hydrogens is 332 g/mol. The quantitative estimate of drug-likeness (QED) is 0.679. The Morgan fingerprint density at radius 3 is 1.96 bits per heavy atom. The third-order valence-electron chi connectivity index (χ3n) is 4.82. The molecule has 8 nitrogen and oxygen atoms in total. The van der Waals surface area contributed by atoms with Crippen molar-refractivity contribution in [1.82, 2.24) is 0 Å². The van der Waals surface area contributed by atoms with Gasteiger partial charge < -0.3 is 33.2 Å². The van der Waals surface area contributed by atoms with Crippen molar-refractivity contribution in [3.8, 4) is 0 Å². The maximum absolute atomic E-state index is 12.2. The second-order valence-corrected chi connectivity index (χ2v) is 8.35. The van der Waals surface area contributed by atoms with Gasteiger partial charge in [0.25, 0.3) is 0 Å². The van der Waals surface area contributed by atoms with E-state index in [1.54, 1.807) is 13.8 Å². The maximum atomic E-state index is 12.2. The van der Waals surface area contributed by atoms with Crippen LogP contribution in [0.15, 0.2) is 0 Å². The molecule has 4 fully saturated rings. The molecule has 0 aromatic heterocycles. The second-order valence-electron chi connectivity index (χ2n) is 8.35. The zero-order valence-corrected chi connectivity index (χ0v) is 15.4. The van der Waals surface area contributed by atoms with Crippen molar-refractivity contribution in [3.05, 3.63) is 0 Å². The summed E-state index contributed by atoms with van der Waals surface area (Å²) >= 11 is 0. The molecule has 142 valence electrons. The summed E-state index contributed by atoms with van der Waals surface area (Å²) in [6.07, 6.45) is -3.21. The number of ether oxygens (including phenoxy) is 7. The highest BCUT2D eigenvalue weighted by atomic mass is 16.8. The lowest BCUT2D eigenvalue weighted by atomic mass is 9.98. The molecule has 4 rings (SSSR count). The van der Waals surface area contributed by atoms with Crippen LogP contribution in [-0.2, 0) is 38.0 Å². The van der Waals surface area contributed by atoms with Gasteiger partial charge in [0, 0.05) is 0 Å². The van der Waals surface area contributed by atoms with Crippen LogP contribution >= 0.6 is 0 Å². The highest BCUT2D eigenvalue weighted by Crippen LogP contribution is 2.43. The van der Waals surface area contributed by atoms with Crippen molar-refractivity contribution < 1.29 is 38.0 Å². The lowest BCUT2D eigenvalue weighted by Crippen LogP contribution is -2.48. The van der Waals surface area contributed by atoms with Crippen molar-refractivity contribution in [1.29, 1.82) is 0 Å². The molecule has 0 unspecified atom stereocenters. The number of carbonyl (C=O) groups excluding carboxylic acids is 1. The van der Waals surface area contributed by atoms with Crippen LogP contribution in [0.5, 0.6) is 0 Å². The molecule has 25 heavy (non-hydrogen) atoms. The van der Waals surface area contributed by atoms with Crippen molar-refractivity contribution in [2.24, 2.45) is 0 Å². The minimum absolute atomic E-state index is 0.324. The van der Waals surface area contributed by atoms with Crippen LogP contribution in [0.3, 0.4) is 0 Å². The Bertz CT molecular complexity index is 571. The molecule has 4 heterocycles. The second kappa shape index (κ2) is 5.37. The Hall–Kier alpha value is -0.770. The number of fused-ring (bicyclic) bond motifs is 1. The van der Waals surface area contributed by atoms with E-state index in [9.17, 15) is 4.79 Å². The number of rotatable bonds is 2. The standard InChI is InChI=1S/C17H26O8/c1-15(2)19-7-8(21-15)9-11(23-16(3,4)22-9)10-12-13(14(18)20-10)25-17(5,6)24-12/h8-13H,7H2,1-6H3/t8-,9-,10-,11+,12-,13-/m1/s1. The van der Waals surface area contributed by atoms with E-state index in [1.807, 2.05) is 27.7 Å². The van der Waals surface area contributed by atoms with Gasteiger partial charge in [-0.25, -0.2) is 4.79 Å². The Morgan fingerprint density at radius 1 is 0.720 bits per heavy atom. The van der Waals surface area contributed by atoms with Gasteiger partial charge in [-0.3, -0.25) is 0 Å². The van der Waals surface area contributed by atoms with Crippen LogP contribution in [0.25, 0.3) is 0 Å². The van der Waals surface area contributed by atoms with Gasteiger partial charge in [0.15, 0.2) is 29.6 Å². The van der Waals surface area contributed by atoms with E-state index >= 15 is 0 Å². The van der Waals surface area contributed by atoms with E-state index in [0.717, 1.165) is 0 Å². The van der Waals surface area contributed by atoms with E-state index in [0.29, 0.717) is 6.61 Å². The van der Waals surface area contributed by atoms with Crippen molar-refractivity contribution in [2.45, 2.75) is 95.5 Å². The first kappa shape index (κ1) is 17.6. The Morgan fingerprint density at radius 2 is 1.32 bits per heavy atom. The number of hydrogen-bond donors (Lipinski definition) is 0. The third kappa shape index (κ3) is 3.09. The summed E-state index contributed by atoms with van der Waals surface area (Å²) < 4.78 is 40.9. The Balaban J connectivity index is 1.58. The third-order valence-corrected chi connectivity index (χ3v) is 4.82. The molecule has 0 aliphatic carbocycles. The molecule has 8 heteroatoms. The molecule has 0 radical (unpaired) electrons. The highest BCUT2D eigenvalue weighted by Gasteiger charge is 2.63. The molecule has 0 spiro atoms. The maximum Gasteiger partial charge on any atom is 0.338 e. The zero-order chi connectivity index (χ0) is 18.2. The first-order chi connectivity index (χ1) is 11.5. The van der Waals surface area contributed by atoms with Gasteiger partial charge in [0.1, 0.15) is 24.4 Å². The average molecular weight is 358 g/mol. The normalized spacial score (nSPS) is 47.0. The van der Waals surface area contributed by atoms with E-state index < -0.39 is 53.9 Å². The van der Waals surface area contributed by atoms with E-state index in [4.69, 9.17) is 33.2 Å². The number of cyclic esters (lactones) is 1. The molecule has 4 aliphatic rings. The summed E-state index contributed by atoms with van der Waals surface area (Å²) in [4.78, 5) is 12.2. The minimum Gasteiger partial charge on any atom is -0.455 e. The first-order valence-electron chi connectivity index (χ1n) is 8.70. The molecule has 0 amide bonds. The van der Waals surface area contributed by atoms with Gasteiger partial charge >= 0.3 is 5.97 Å². The lowest BCUT2D eigenvalue weighted by Gasteiger charge is -2.29. The molecule has 0 aromatic carbocycles. The minimum atomic E-state index is -0.841. The molecule has 4 saturated heterocycles.